The van der Waals surface area contributed by atoms with Crippen molar-refractivity contribution in [3.8, 4) is 28.6 Å². The highest BCUT2D eigenvalue weighted by atomic mass is 16.5. The first-order valence-electron chi connectivity index (χ1n) is 7.55. The van der Waals surface area contributed by atoms with E-state index in [9.17, 15) is 15.0 Å². The third kappa shape index (κ3) is 3.03. The summed E-state index contributed by atoms with van der Waals surface area (Å²) in [5.74, 6) is 0.628. The number of rotatable bonds is 3. The monoisotopic (exact) mass is 317 g/mol. The first-order valence-corrected chi connectivity index (χ1v) is 7.55. The molecule has 0 amide bonds. The van der Waals surface area contributed by atoms with E-state index in [2.05, 4.69) is 5.32 Å². The van der Waals surface area contributed by atoms with Gasteiger partial charge in [-0.25, -0.2) is 0 Å². The molecule has 1 aliphatic rings. The molecule has 0 saturated carbocycles. The van der Waals surface area contributed by atoms with Gasteiger partial charge in [-0.15, -0.1) is 0 Å². The lowest BCUT2D eigenvalue weighted by molar-refractivity contribution is 0.365. The molecule has 0 radical (unpaired) electrons. The Labute approximate surface area is 133 Å². The molecule has 0 unspecified atom stereocenters. The van der Waals surface area contributed by atoms with Crippen LogP contribution in [-0.4, -0.2) is 30.4 Å². The highest BCUT2D eigenvalue weighted by molar-refractivity contribution is 5.67. The lowest BCUT2D eigenvalue weighted by atomic mass is 9.95. The third-order valence-corrected chi connectivity index (χ3v) is 4.13. The minimum Gasteiger partial charge on any atom is -0.504 e. The van der Waals surface area contributed by atoms with Gasteiger partial charge < -0.3 is 24.7 Å². The first kappa shape index (κ1) is 15.4. The summed E-state index contributed by atoms with van der Waals surface area (Å²) in [6, 6.07) is 5.90. The Morgan fingerprint density at radius 1 is 1.22 bits per heavy atom. The van der Waals surface area contributed by atoms with Crippen molar-refractivity contribution in [3.05, 3.63) is 40.2 Å². The number of methoxy groups -OCH3 is 1. The predicted octanol–water partition coefficient (Wildman–Crippen LogP) is 2.19. The molecule has 0 bridgehead atoms. The van der Waals surface area contributed by atoms with E-state index in [-0.39, 0.29) is 23.2 Å². The van der Waals surface area contributed by atoms with Crippen molar-refractivity contribution in [2.75, 3.05) is 20.2 Å². The fourth-order valence-electron chi connectivity index (χ4n) is 2.83. The van der Waals surface area contributed by atoms with E-state index >= 15 is 0 Å². The molecule has 6 heteroatoms. The minimum atomic E-state index is -0.466. The minimum absolute atomic E-state index is 0.0207. The molecule has 0 atom stereocenters. The average Bonchev–Trinajstić information content (AvgIpc) is 2.58. The van der Waals surface area contributed by atoms with Crippen molar-refractivity contribution in [2.24, 2.45) is 0 Å². The summed E-state index contributed by atoms with van der Waals surface area (Å²) in [5, 5.41) is 23.0. The average molecular weight is 317 g/mol. The molecule has 6 nitrogen and oxygen atoms in total. The van der Waals surface area contributed by atoms with Gasteiger partial charge in [-0.05, 0) is 44.1 Å². The predicted molar refractivity (Wildman–Crippen MR) is 85.1 cm³/mol. The number of ether oxygens (including phenoxy) is 1. The van der Waals surface area contributed by atoms with Gasteiger partial charge in [0, 0.05) is 17.5 Å². The van der Waals surface area contributed by atoms with E-state index in [1.807, 2.05) is 0 Å². The Bertz CT molecular complexity index is 762. The molecule has 23 heavy (non-hydrogen) atoms. The number of phenols is 1. The van der Waals surface area contributed by atoms with Crippen molar-refractivity contribution >= 4 is 0 Å². The molecule has 1 aromatic carbocycles. The molecule has 1 aromatic heterocycles. The quantitative estimate of drug-likeness (QED) is 0.804. The Morgan fingerprint density at radius 2 is 1.96 bits per heavy atom. The summed E-state index contributed by atoms with van der Waals surface area (Å²) in [6.07, 6.45) is 1.76. The maximum atomic E-state index is 12.1. The molecule has 1 aliphatic heterocycles. The molecule has 0 spiro atoms. The second kappa shape index (κ2) is 6.34. The summed E-state index contributed by atoms with van der Waals surface area (Å²) >= 11 is 0. The topological polar surface area (TPSA) is 91.9 Å². The van der Waals surface area contributed by atoms with E-state index in [1.54, 1.807) is 6.07 Å². The molecular weight excluding hydrogens is 298 g/mol. The van der Waals surface area contributed by atoms with Crippen molar-refractivity contribution in [3.63, 3.8) is 0 Å². The van der Waals surface area contributed by atoms with Gasteiger partial charge >= 0.3 is 0 Å². The van der Waals surface area contributed by atoms with Gasteiger partial charge in [-0.1, -0.05) is 0 Å². The largest absolute Gasteiger partial charge is 0.504 e. The van der Waals surface area contributed by atoms with E-state index in [0.717, 1.165) is 25.9 Å². The van der Waals surface area contributed by atoms with Crippen LogP contribution in [0.15, 0.2) is 33.5 Å². The second-order valence-corrected chi connectivity index (χ2v) is 5.60. The Morgan fingerprint density at radius 3 is 2.65 bits per heavy atom. The zero-order chi connectivity index (χ0) is 16.4. The fourth-order valence-corrected chi connectivity index (χ4v) is 2.83. The van der Waals surface area contributed by atoms with Crippen LogP contribution >= 0.6 is 0 Å². The second-order valence-electron chi connectivity index (χ2n) is 5.60. The number of benzene rings is 1. The van der Waals surface area contributed by atoms with Crippen LogP contribution in [-0.2, 0) is 0 Å². The zero-order valence-corrected chi connectivity index (χ0v) is 12.8. The summed E-state index contributed by atoms with van der Waals surface area (Å²) < 4.78 is 10.9. The van der Waals surface area contributed by atoms with Gasteiger partial charge in [-0.3, -0.25) is 4.79 Å². The molecule has 1 saturated heterocycles. The fraction of sp³-hybridized carbons (Fsp3) is 0.353. The Balaban J connectivity index is 2.07. The van der Waals surface area contributed by atoms with E-state index in [4.69, 9.17) is 9.15 Å². The van der Waals surface area contributed by atoms with Gasteiger partial charge in [0.2, 0.25) is 11.2 Å². The Kier molecular flexibility index (Phi) is 4.25. The van der Waals surface area contributed by atoms with E-state index < -0.39 is 11.2 Å². The lowest BCUT2D eigenvalue weighted by Crippen LogP contribution is -2.27. The smallest absolute Gasteiger partial charge is 0.227 e. The zero-order valence-electron chi connectivity index (χ0n) is 12.8. The lowest BCUT2D eigenvalue weighted by Gasteiger charge is -2.22. The summed E-state index contributed by atoms with van der Waals surface area (Å²) in [7, 11) is 1.43. The molecule has 3 rings (SSSR count). The van der Waals surface area contributed by atoms with Crippen LogP contribution in [0.25, 0.3) is 11.3 Å². The van der Waals surface area contributed by atoms with Crippen LogP contribution in [0.5, 0.6) is 17.2 Å². The SMILES string of the molecule is COc1cc(-c2oc(C3CCNCC3)cc(=O)c2O)ccc1O. The van der Waals surface area contributed by atoms with E-state index in [0.29, 0.717) is 11.3 Å². The van der Waals surface area contributed by atoms with E-state index in [1.165, 1.54) is 25.3 Å². The molecule has 0 aliphatic carbocycles. The van der Waals surface area contributed by atoms with Gasteiger partial charge in [0.15, 0.2) is 17.3 Å². The normalized spacial score (nSPS) is 15.5. The number of hydrogen-bond acceptors (Lipinski definition) is 6. The van der Waals surface area contributed by atoms with Gasteiger partial charge in [-0.2, -0.15) is 0 Å². The van der Waals surface area contributed by atoms with Crippen molar-refractivity contribution in [1.29, 1.82) is 0 Å². The van der Waals surface area contributed by atoms with Gasteiger partial charge in [0.25, 0.3) is 0 Å². The maximum Gasteiger partial charge on any atom is 0.227 e. The molecule has 1 fully saturated rings. The van der Waals surface area contributed by atoms with Crippen LogP contribution in [0.3, 0.4) is 0 Å². The first-order chi connectivity index (χ1) is 11.1. The standard InChI is InChI=1S/C17H19NO5/c1-22-15-8-11(2-3-12(15)19)17-16(21)13(20)9-14(23-17)10-4-6-18-7-5-10/h2-3,8-10,18-19,21H,4-7H2,1H3. The highest BCUT2D eigenvalue weighted by Crippen LogP contribution is 2.36. The summed E-state index contributed by atoms with van der Waals surface area (Å²) in [6.45, 7) is 1.75. The summed E-state index contributed by atoms with van der Waals surface area (Å²) in [4.78, 5) is 12.1. The third-order valence-electron chi connectivity index (χ3n) is 4.13. The molecular formula is C17H19NO5. The number of piperidine rings is 1. The van der Waals surface area contributed by atoms with Crippen molar-refractivity contribution in [1.82, 2.24) is 5.32 Å². The van der Waals surface area contributed by atoms with Crippen LogP contribution in [0, 0.1) is 0 Å². The Hall–Kier alpha value is -2.47. The van der Waals surface area contributed by atoms with Crippen LogP contribution in [0.1, 0.15) is 24.5 Å². The molecule has 2 heterocycles. The maximum absolute atomic E-state index is 12.1. The van der Waals surface area contributed by atoms with Crippen LogP contribution in [0.2, 0.25) is 0 Å². The number of hydrogen-bond donors (Lipinski definition) is 3. The number of aromatic hydroxyl groups is 2. The molecule has 122 valence electrons. The molecule has 2 aromatic rings. The van der Waals surface area contributed by atoms with Crippen LogP contribution in [0.4, 0.5) is 0 Å². The van der Waals surface area contributed by atoms with Crippen molar-refractivity contribution in [2.45, 2.75) is 18.8 Å². The number of phenolic OH excluding ortho intramolecular Hbond substituents is 1. The van der Waals surface area contributed by atoms with Gasteiger partial charge in [0.05, 0.1) is 7.11 Å². The highest BCUT2D eigenvalue weighted by Gasteiger charge is 2.22. The van der Waals surface area contributed by atoms with Crippen molar-refractivity contribution < 1.29 is 19.4 Å². The molecule has 3 N–H and O–H groups in total. The van der Waals surface area contributed by atoms with Crippen LogP contribution < -0.4 is 15.5 Å². The number of nitrogens with one attached hydrogen (secondary N) is 1. The van der Waals surface area contributed by atoms with Gasteiger partial charge in [0.1, 0.15) is 5.76 Å². The summed E-state index contributed by atoms with van der Waals surface area (Å²) in [5.41, 5.74) is 0.0110.